The number of nitrogens with one attached hydrogen (secondary N) is 1. The minimum absolute atomic E-state index is 0.0187. The average molecular weight is 377 g/mol. The van der Waals surface area contributed by atoms with Gasteiger partial charge in [0, 0.05) is 23.2 Å². The van der Waals surface area contributed by atoms with Crippen molar-refractivity contribution in [2.45, 2.75) is 49.0 Å². The van der Waals surface area contributed by atoms with E-state index in [2.05, 4.69) is 9.71 Å². The molecule has 0 aromatic carbocycles. The Morgan fingerprint density at radius 2 is 2.00 bits per heavy atom. The highest BCUT2D eigenvalue weighted by Gasteiger charge is 2.27. The fraction of sp³-hybridized carbons (Fsp3) is 0.412. The Balaban J connectivity index is 1.52. The van der Waals surface area contributed by atoms with E-state index in [1.807, 2.05) is 19.1 Å². The maximum absolute atomic E-state index is 12.4. The van der Waals surface area contributed by atoms with E-state index < -0.39 is 10.0 Å². The molecule has 1 fully saturated rings. The predicted octanol–water partition coefficient (Wildman–Crippen LogP) is 2.99. The third-order valence-electron chi connectivity index (χ3n) is 4.13. The Kier molecular flexibility index (Phi) is 5.37. The second-order valence-electron chi connectivity index (χ2n) is 6.07. The number of ether oxygens (including phenoxy) is 1. The summed E-state index contributed by atoms with van der Waals surface area (Å²) in [6.07, 6.45) is 4.48. The quantitative estimate of drug-likeness (QED) is 0.865. The van der Waals surface area contributed by atoms with Gasteiger partial charge in [0.05, 0.1) is 5.56 Å². The summed E-state index contributed by atoms with van der Waals surface area (Å²) < 4.78 is 33.7. The third kappa shape index (κ3) is 4.57. The van der Waals surface area contributed by atoms with Crippen molar-refractivity contribution >= 4 is 21.4 Å². The molecule has 0 amide bonds. The molecule has 1 aliphatic rings. The van der Waals surface area contributed by atoms with Gasteiger partial charge in [0.15, 0.2) is 0 Å². The summed E-state index contributed by atoms with van der Waals surface area (Å²) in [7, 11) is -3.44. The first-order chi connectivity index (χ1) is 12.0. The highest BCUT2D eigenvalue weighted by molar-refractivity contribution is 7.91. The van der Waals surface area contributed by atoms with Gasteiger partial charge in [-0.1, -0.05) is 0 Å². The lowest BCUT2D eigenvalue weighted by atomic mass is 9.94. The summed E-state index contributed by atoms with van der Waals surface area (Å²) in [4.78, 5) is 5.09. The van der Waals surface area contributed by atoms with E-state index in [1.165, 1.54) is 17.5 Å². The van der Waals surface area contributed by atoms with Crippen molar-refractivity contribution in [2.75, 3.05) is 0 Å². The van der Waals surface area contributed by atoms with Crippen LogP contribution in [0.15, 0.2) is 34.7 Å². The van der Waals surface area contributed by atoms with Gasteiger partial charge < -0.3 is 4.74 Å². The van der Waals surface area contributed by atoms with Gasteiger partial charge in [0.2, 0.25) is 15.9 Å². The van der Waals surface area contributed by atoms with Crippen molar-refractivity contribution in [2.24, 2.45) is 0 Å². The van der Waals surface area contributed by atoms with Gasteiger partial charge >= 0.3 is 0 Å². The van der Waals surface area contributed by atoms with Gasteiger partial charge in [-0.15, -0.1) is 11.3 Å². The van der Waals surface area contributed by atoms with Crippen molar-refractivity contribution in [3.63, 3.8) is 0 Å². The van der Waals surface area contributed by atoms with E-state index in [1.54, 1.807) is 18.2 Å². The number of hydrogen-bond donors (Lipinski definition) is 1. The summed E-state index contributed by atoms with van der Waals surface area (Å²) in [5.74, 6) is 0.497. The molecule has 0 aliphatic heterocycles. The molecule has 25 heavy (non-hydrogen) atoms. The molecule has 0 radical (unpaired) electrons. The summed E-state index contributed by atoms with van der Waals surface area (Å²) >= 11 is 1.28. The monoisotopic (exact) mass is 377 g/mol. The van der Waals surface area contributed by atoms with E-state index in [9.17, 15) is 8.42 Å². The standard InChI is InChI=1S/C17H19N3O3S2/c1-12-2-9-17(24-12)25(21,22)20-14-4-6-15(7-5-14)23-16-8-3-13(10-18)11-19-16/h2-3,8-9,11,14-15,20H,4-7H2,1H3. The molecule has 0 saturated heterocycles. The molecule has 3 rings (SSSR count). The molecular weight excluding hydrogens is 358 g/mol. The lowest BCUT2D eigenvalue weighted by molar-refractivity contribution is 0.138. The highest BCUT2D eigenvalue weighted by atomic mass is 32.2. The number of sulfonamides is 1. The van der Waals surface area contributed by atoms with Gasteiger partial charge in [-0.25, -0.2) is 18.1 Å². The van der Waals surface area contributed by atoms with Crippen LogP contribution >= 0.6 is 11.3 Å². The fourth-order valence-electron chi connectivity index (χ4n) is 2.82. The van der Waals surface area contributed by atoms with Crippen molar-refractivity contribution in [1.29, 1.82) is 5.26 Å². The SMILES string of the molecule is Cc1ccc(S(=O)(=O)NC2CCC(Oc3ccc(C#N)cn3)CC2)s1. The molecule has 6 nitrogen and oxygen atoms in total. The maximum Gasteiger partial charge on any atom is 0.250 e. The van der Waals surface area contributed by atoms with Crippen molar-refractivity contribution < 1.29 is 13.2 Å². The van der Waals surface area contributed by atoms with E-state index in [0.29, 0.717) is 15.7 Å². The van der Waals surface area contributed by atoms with Crippen LogP contribution in [0.3, 0.4) is 0 Å². The fourth-order valence-corrected chi connectivity index (χ4v) is 5.42. The number of pyridine rings is 1. The van der Waals surface area contributed by atoms with E-state index in [-0.39, 0.29) is 12.1 Å². The number of nitrogens with zero attached hydrogens (tertiary/aromatic N) is 2. The second kappa shape index (κ2) is 7.52. The normalized spacial score (nSPS) is 20.8. The Morgan fingerprint density at radius 3 is 2.56 bits per heavy atom. The maximum atomic E-state index is 12.4. The summed E-state index contributed by atoms with van der Waals surface area (Å²) in [5.41, 5.74) is 0.495. The van der Waals surface area contributed by atoms with E-state index in [4.69, 9.17) is 10.00 Å². The molecule has 0 bridgehead atoms. The number of thiophene rings is 1. The van der Waals surface area contributed by atoms with Gasteiger partial charge in [-0.2, -0.15) is 5.26 Å². The summed E-state index contributed by atoms with van der Waals surface area (Å²) in [5, 5.41) is 8.77. The Bertz CT molecular complexity index is 861. The van der Waals surface area contributed by atoms with E-state index >= 15 is 0 Å². The number of aromatic nitrogens is 1. The molecule has 132 valence electrons. The predicted molar refractivity (Wildman–Crippen MR) is 95.0 cm³/mol. The molecule has 0 atom stereocenters. The van der Waals surface area contributed by atoms with Gasteiger partial charge in [0.25, 0.3) is 0 Å². The lowest BCUT2D eigenvalue weighted by Gasteiger charge is -2.28. The summed E-state index contributed by atoms with van der Waals surface area (Å²) in [6.45, 7) is 1.89. The highest BCUT2D eigenvalue weighted by Crippen LogP contribution is 2.26. The van der Waals surface area contributed by atoms with Crippen LogP contribution in [0.2, 0.25) is 0 Å². The Morgan fingerprint density at radius 1 is 1.24 bits per heavy atom. The Hall–Kier alpha value is -1.95. The molecular formula is C17H19N3O3S2. The van der Waals surface area contributed by atoms with Crippen LogP contribution in [-0.4, -0.2) is 25.5 Å². The molecule has 1 aliphatic carbocycles. The molecule has 2 heterocycles. The molecule has 2 aromatic heterocycles. The van der Waals surface area contributed by atoms with Crippen LogP contribution in [0.25, 0.3) is 0 Å². The number of nitriles is 1. The number of hydrogen-bond acceptors (Lipinski definition) is 6. The molecule has 2 aromatic rings. The minimum atomic E-state index is -3.44. The minimum Gasteiger partial charge on any atom is -0.474 e. The van der Waals surface area contributed by atoms with Crippen molar-refractivity contribution in [3.8, 4) is 11.9 Å². The number of aryl methyl sites for hydroxylation is 1. The first-order valence-electron chi connectivity index (χ1n) is 8.08. The summed E-state index contributed by atoms with van der Waals surface area (Å²) in [6, 6.07) is 8.77. The topological polar surface area (TPSA) is 92.1 Å². The molecule has 1 N–H and O–H groups in total. The third-order valence-corrected chi connectivity index (χ3v) is 7.14. The van der Waals surface area contributed by atoms with Crippen molar-refractivity contribution in [3.05, 3.63) is 40.9 Å². The molecule has 0 spiro atoms. The molecule has 0 unspecified atom stereocenters. The van der Waals surface area contributed by atoms with Crippen LogP contribution in [-0.2, 0) is 10.0 Å². The molecule has 1 saturated carbocycles. The van der Waals surface area contributed by atoms with Crippen LogP contribution in [0.1, 0.15) is 36.1 Å². The van der Waals surface area contributed by atoms with Crippen LogP contribution in [0.5, 0.6) is 5.88 Å². The molecule has 8 heteroatoms. The lowest BCUT2D eigenvalue weighted by Crippen LogP contribution is -2.39. The average Bonchev–Trinajstić information content (AvgIpc) is 3.05. The zero-order chi connectivity index (χ0) is 17.9. The largest absolute Gasteiger partial charge is 0.474 e. The first-order valence-corrected chi connectivity index (χ1v) is 10.4. The van der Waals surface area contributed by atoms with E-state index in [0.717, 1.165) is 30.6 Å². The first kappa shape index (κ1) is 17.9. The van der Waals surface area contributed by atoms with Gasteiger partial charge in [0.1, 0.15) is 16.4 Å². The van der Waals surface area contributed by atoms with Crippen LogP contribution < -0.4 is 9.46 Å². The van der Waals surface area contributed by atoms with Crippen molar-refractivity contribution in [1.82, 2.24) is 9.71 Å². The Labute approximate surface area is 151 Å². The van der Waals surface area contributed by atoms with Gasteiger partial charge in [-0.05, 0) is 50.8 Å². The zero-order valence-corrected chi connectivity index (χ0v) is 15.4. The van der Waals surface area contributed by atoms with Crippen LogP contribution in [0, 0.1) is 18.3 Å². The smallest absolute Gasteiger partial charge is 0.250 e. The second-order valence-corrected chi connectivity index (χ2v) is 9.30. The zero-order valence-electron chi connectivity index (χ0n) is 13.8. The van der Waals surface area contributed by atoms with Gasteiger partial charge in [-0.3, -0.25) is 0 Å². The number of rotatable bonds is 5. The van der Waals surface area contributed by atoms with Crippen LogP contribution in [0.4, 0.5) is 0 Å².